The molecule has 0 saturated carbocycles. The maximum atomic E-state index is 12.7. The standard InChI is InChI=1S/C24H23N3O2/c1-29-19-9-4-16(5-10-19)21-13-23(26)20-11-6-17(12-22(20)21)24(28)27-14-15-2-7-18(25)8-3-15/h2-13,23H,14,25-26H2,1H3,(H,27,28). The summed E-state index contributed by atoms with van der Waals surface area (Å²) in [5.74, 6) is 0.673. The third-order valence-corrected chi connectivity index (χ3v) is 5.14. The van der Waals surface area contributed by atoms with Crippen LogP contribution in [0.25, 0.3) is 5.57 Å². The molecule has 0 aliphatic heterocycles. The van der Waals surface area contributed by atoms with E-state index in [2.05, 4.69) is 5.32 Å². The van der Waals surface area contributed by atoms with Gasteiger partial charge in [0.25, 0.3) is 5.91 Å². The summed E-state index contributed by atoms with van der Waals surface area (Å²) in [7, 11) is 1.64. The van der Waals surface area contributed by atoms with Crippen LogP contribution in [0.2, 0.25) is 0 Å². The van der Waals surface area contributed by atoms with Gasteiger partial charge in [-0.25, -0.2) is 0 Å². The second-order valence-corrected chi connectivity index (χ2v) is 7.06. The van der Waals surface area contributed by atoms with Gasteiger partial charge >= 0.3 is 0 Å². The van der Waals surface area contributed by atoms with E-state index >= 15 is 0 Å². The first-order valence-corrected chi connectivity index (χ1v) is 9.44. The first kappa shape index (κ1) is 18.8. The van der Waals surface area contributed by atoms with Crippen molar-refractivity contribution in [1.29, 1.82) is 0 Å². The number of nitrogen functional groups attached to an aromatic ring is 1. The fourth-order valence-electron chi connectivity index (χ4n) is 3.52. The van der Waals surface area contributed by atoms with Gasteiger partial charge in [-0.15, -0.1) is 0 Å². The number of anilines is 1. The maximum Gasteiger partial charge on any atom is 0.251 e. The molecule has 1 aliphatic carbocycles. The molecule has 0 saturated heterocycles. The van der Waals surface area contributed by atoms with Crippen LogP contribution in [0.5, 0.6) is 5.75 Å². The molecule has 0 heterocycles. The Labute approximate surface area is 170 Å². The van der Waals surface area contributed by atoms with Gasteiger partial charge in [-0.05, 0) is 64.2 Å². The summed E-state index contributed by atoms with van der Waals surface area (Å²) in [6.45, 7) is 0.441. The van der Waals surface area contributed by atoms with Crippen molar-refractivity contribution in [2.75, 3.05) is 12.8 Å². The lowest BCUT2D eigenvalue weighted by Gasteiger charge is -2.11. The Morgan fingerprint density at radius 1 is 1.03 bits per heavy atom. The van der Waals surface area contributed by atoms with E-state index in [-0.39, 0.29) is 11.9 Å². The summed E-state index contributed by atoms with van der Waals surface area (Å²) in [5.41, 5.74) is 18.4. The van der Waals surface area contributed by atoms with Crippen LogP contribution in [0.4, 0.5) is 5.69 Å². The molecule has 5 nitrogen and oxygen atoms in total. The van der Waals surface area contributed by atoms with Crippen molar-refractivity contribution < 1.29 is 9.53 Å². The van der Waals surface area contributed by atoms with Crippen LogP contribution in [0.1, 0.15) is 38.7 Å². The molecule has 146 valence electrons. The molecule has 1 atom stereocenters. The Morgan fingerprint density at radius 2 is 1.76 bits per heavy atom. The zero-order valence-electron chi connectivity index (χ0n) is 16.2. The van der Waals surface area contributed by atoms with Crippen molar-refractivity contribution in [2.45, 2.75) is 12.6 Å². The molecule has 4 rings (SSSR count). The SMILES string of the molecule is COc1ccc(C2=CC(N)c3ccc(C(=O)NCc4ccc(N)cc4)cc32)cc1. The molecule has 29 heavy (non-hydrogen) atoms. The van der Waals surface area contributed by atoms with Crippen LogP contribution >= 0.6 is 0 Å². The number of ether oxygens (including phenoxy) is 1. The minimum Gasteiger partial charge on any atom is -0.497 e. The van der Waals surface area contributed by atoms with E-state index in [4.69, 9.17) is 16.2 Å². The summed E-state index contributed by atoms with van der Waals surface area (Å²) < 4.78 is 5.24. The Balaban J connectivity index is 1.56. The van der Waals surface area contributed by atoms with Crippen molar-refractivity contribution in [3.05, 3.63) is 101 Å². The van der Waals surface area contributed by atoms with E-state index in [1.54, 1.807) is 7.11 Å². The number of amides is 1. The predicted molar refractivity (Wildman–Crippen MR) is 115 cm³/mol. The molecule has 3 aromatic rings. The van der Waals surface area contributed by atoms with Crippen LogP contribution in [-0.4, -0.2) is 13.0 Å². The average molecular weight is 385 g/mol. The highest BCUT2D eigenvalue weighted by Gasteiger charge is 2.23. The van der Waals surface area contributed by atoms with Crippen molar-refractivity contribution in [3.8, 4) is 5.75 Å². The summed E-state index contributed by atoms with van der Waals surface area (Å²) in [4.78, 5) is 12.7. The summed E-state index contributed by atoms with van der Waals surface area (Å²) >= 11 is 0. The lowest BCUT2D eigenvalue weighted by atomic mass is 9.96. The second-order valence-electron chi connectivity index (χ2n) is 7.06. The summed E-state index contributed by atoms with van der Waals surface area (Å²) in [5, 5.41) is 2.96. The predicted octanol–water partition coefficient (Wildman–Crippen LogP) is 3.65. The molecular formula is C24H23N3O2. The van der Waals surface area contributed by atoms with Crippen LogP contribution in [0, 0.1) is 0 Å². The Morgan fingerprint density at radius 3 is 2.45 bits per heavy atom. The number of hydrogen-bond donors (Lipinski definition) is 3. The van der Waals surface area contributed by atoms with E-state index in [0.717, 1.165) is 33.6 Å². The van der Waals surface area contributed by atoms with Crippen LogP contribution in [-0.2, 0) is 6.54 Å². The van der Waals surface area contributed by atoms with E-state index in [0.29, 0.717) is 17.8 Å². The van der Waals surface area contributed by atoms with Gasteiger partial charge in [-0.2, -0.15) is 0 Å². The molecule has 5 N–H and O–H groups in total. The largest absolute Gasteiger partial charge is 0.497 e. The molecule has 1 amide bonds. The number of benzene rings is 3. The third-order valence-electron chi connectivity index (χ3n) is 5.14. The highest BCUT2D eigenvalue weighted by atomic mass is 16.5. The molecule has 0 radical (unpaired) electrons. The lowest BCUT2D eigenvalue weighted by Crippen LogP contribution is -2.23. The minimum atomic E-state index is -0.186. The maximum absolute atomic E-state index is 12.7. The van der Waals surface area contributed by atoms with Crippen LogP contribution in [0.15, 0.2) is 72.8 Å². The highest BCUT2D eigenvalue weighted by molar-refractivity contribution is 5.97. The summed E-state index contributed by atoms with van der Waals surface area (Å²) in [6.07, 6.45) is 2.03. The van der Waals surface area contributed by atoms with Crippen LogP contribution in [0.3, 0.4) is 0 Å². The third kappa shape index (κ3) is 3.86. The molecule has 5 heteroatoms. The smallest absolute Gasteiger partial charge is 0.251 e. The number of nitrogens with two attached hydrogens (primary N) is 2. The lowest BCUT2D eigenvalue weighted by molar-refractivity contribution is 0.0951. The van der Waals surface area contributed by atoms with E-state index in [9.17, 15) is 4.79 Å². The highest BCUT2D eigenvalue weighted by Crippen LogP contribution is 2.38. The first-order chi connectivity index (χ1) is 14.0. The average Bonchev–Trinajstić information content (AvgIpc) is 3.09. The van der Waals surface area contributed by atoms with Gasteiger partial charge in [-0.3, -0.25) is 4.79 Å². The number of fused-ring (bicyclic) bond motifs is 1. The summed E-state index contributed by atoms with van der Waals surface area (Å²) in [6, 6.07) is 20.8. The molecular weight excluding hydrogens is 362 g/mol. The van der Waals surface area contributed by atoms with E-state index < -0.39 is 0 Å². The van der Waals surface area contributed by atoms with Crippen molar-refractivity contribution in [2.24, 2.45) is 5.73 Å². The number of carbonyl (C=O) groups is 1. The molecule has 0 aromatic heterocycles. The molecule has 0 spiro atoms. The molecule has 1 aliphatic rings. The van der Waals surface area contributed by atoms with Gasteiger partial charge in [0.1, 0.15) is 5.75 Å². The fraction of sp³-hybridized carbons (Fsp3) is 0.125. The van der Waals surface area contributed by atoms with Gasteiger partial charge < -0.3 is 21.5 Å². The molecule has 0 bridgehead atoms. The first-order valence-electron chi connectivity index (χ1n) is 9.44. The molecule has 0 fully saturated rings. The van der Waals surface area contributed by atoms with Crippen molar-refractivity contribution >= 4 is 17.2 Å². The number of nitrogens with one attached hydrogen (secondary N) is 1. The zero-order valence-corrected chi connectivity index (χ0v) is 16.2. The number of methoxy groups -OCH3 is 1. The van der Waals surface area contributed by atoms with E-state index in [1.165, 1.54) is 0 Å². The number of carbonyl (C=O) groups excluding carboxylic acids is 1. The molecule has 3 aromatic carbocycles. The Bertz CT molecular complexity index is 1070. The van der Waals surface area contributed by atoms with Gasteiger partial charge in [0, 0.05) is 23.8 Å². The van der Waals surface area contributed by atoms with Crippen molar-refractivity contribution in [3.63, 3.8) is 0 Å². The Kier molecular flexibility index (Phi) is 5.06. The fourth-order valence-corrected chi connectivity index (χ4v) is 3.52. The van der Waals surface area contributed by atoms with Gasteiger partial charge in [0.2, 0.25) is 0 Å². The quantitative estimate of drug-likeness (QED) is 0.585. The molecule has 1 unspecified atom stereocenters. The van der Waals surface area contributed by atoms with E-state index in [1.807, 2.05) is 72.8 Å². The normalized spacial score (nSPS) is 14.8. The van der Waals surface area contributed by atoms with Gasteiger partial charge in [-0.1, -0.05) is 36.4 Å². The number of hydrogen-bond acceptors (Lipinski definition) is 4. The number of rotatable bonds is 5. The van der Waals surface area contributed by atoms with Gasteiger partial charge in [0.05, 0.1) is 7.11 Å². The van der Waals surface area contributed by atoms with Crippen LogP contribution < -0.4 is 21.5 Å². The minimum absolute atomic E-state index is 0.126. The monoisotopic (exact) mass is 385 g/mol. The second kappa shape index (κ2) is 7.81. The zero-order chi connectivity index (χ0) is 20.4. The topological polar surface area (TPSA) is 90.4 Å². The van der Waals surface area contributed by atoms with Gasteiger partial charge in [0.15, 0.2) is 0 Å². The van der Waals surface area contributed by atoms with Crippen molar-refractivity contribution in [1.82, 2.24) is 5.32 Å². The Hall–Kier alpha value is -3.57.